The number of hydrogen-bond donors (Lipinski definition) is 1. The van der Waals surface area contributed by atoms with Gasteiger partial charge in [0.2, 0.25) is 5.91 Å². The maximum atomic E-state index is 13.6. The zero-order chi connectivity index (χ0) is 22.6. The molecule has 4 rings (SSSR count). The van der Waals surface area contributed by atoms with E-state index >= 15 is 0 Å². The van der Waals surface area contributed by atoms with Gasteiger partial charge in [-0.3, -0.25) is 14.4 Å². The number of benzene rings is 2. The number of amides is 2. The van der Waals surface area contributed by atoms with Gasteiger partial charge in [-0.2, -0.15) is 0 Å². The molecule has 2 aromatic rings. The van der Waals surface area contributed by atoms with Crippen LogP contribution in [0.15, 0.2) is 60.7 Å². The quantitative estimate of drug-likeness (QED) is 0.702. The second-order valence-electron chi connectivity index (χ2n) is 8.29. The summed E-state index contributed by atoms with van der Waals surface area (Å²) in [6, 6.07) is 19.0. The predicted octanol–water partition coefficient (Wildman–Crippen LogP) is 3.59. The van der Waals surface area contributed by atoms with Gasteiger partial charge >= 0.3 is 5.97 Å². The fourth-order valence-electron chi connectivity index (χ4n) is 4.76. The lowest BCUT2D eigenvalue weighted by atomic mass is 9.80. The summed E-state index contributed by atoms with van der Waals surface area (Å²) in [7, 11) is 1.28. The van der Waals surface area contributed by atoms with Crippen LogP contribution < -0.4 is 5.32 Å². The Morgan fingerprint density at radius 3 is 2.28 bits per heavy atom. The lowest BCUT2D eigenvalue weighted by Gasteiger charge is -2.44. The molecular formula is C25H28N2O4S. The van der Waals surface area contributed by atoms with E-state index in [0.29, 0.717) is 17.2 Å². The Kier molecular flexibility index (Phi) is 6.84. The summed E-state index contributed by atoms with van der Waals surface area (Å²) in [5, 5.41) is 2.65. The molecule has 1 aliphatic carbocycles. The van der Waals surface area contributed by atoms with Gasteiger partial charge in [0.05, 0.1) is 12.0 Å². The minimum Gasteiger partial charge on any atom is -0.468 e. The van der Waals surface area contributed by atoms with Gasteiger partial charge in [0.25, 0.3) is 5.91 Å². The molecule has 1 saturated heterocycles. The predicted molar refractivity (Wildman–Crippen MR) is 124 cm³/mol. The third-order valence-corrected chi connectivity index (χ3v) is 8.10. The van der Waals surface area contributed by atoms with Crippen LogP contribution in [0.4, 0.5) is 0 Å². The maximum absolute atomic E-state index is 13.6. The summed E-state index contributed by atoms with van der Waals surface area (Å²) in [5.41, 5.74) is 1.91. The summed E-state index contributed by atoms with van der Waals surface area (Å²) in [6.45, 7) is -0.201. The van der Waals surface area contributed by atoms with Gasteiger partial charge in [0.1, 0.15) is 12.6 Å². The van der Waals surface area contributed by atoms with Crippen LogP contribution in [0.3, 0.4) is 0 Å². The molecule has 0 aromatic heterocycles. The van der Waals surface area contributed by atoms with Crippen LogP contribution in [0.5, 0.6) is 0 Å². The largest absolute Gasteiger partial charge is 0.468 e. The van der Waals surface area contributed by atoms with Gasteiger partial charge in [0.15, 0.2) is 0 Å². The second-order valence-corrected chi connectivity index (χ2v) is 9.67. The number of esters is 1. The molecule has 1 aliphatic heterocycles. The van der Waals surface area contributed by atoms with Gasteiger partial charge in [-0.25, -0.2) is 0 Å². The van der Waals surface area contributed by atoms with Crippen molar-refractivity contribution < 1.29 is 19.1 Å². The Morgan fingerprint density at radius 1 is 1.03 bits per heavy atom. The summed E-state index contributed by atoms with van der Waals surface area (Å²) < 4.78 is 4.63. The van der Waals surface area contributed by atoms with Gasteiger partial charge in [-0.05, 0) is 49.3 Å². The highest BCUT2D eigenvalue weighted by Crippen LogP contribution is 2.52. The average molecular weight is 453 g/mol. The summed E-state index contributed by atoms with van der Waals surface area (Å²) in [6.07, 6.45) is 3.59. The number of hydrogen-bond acceptors (Lipinski definition) is 5. The molecule has 2 amide bonds. The van der Waals surface area contributed by atoms with Crippen molar-refractivity contribution in [2.24, 2.45) is 0 Å². The zero-order valence-electron chi connectivity index (χ0n) is 18.2. The van der Waals surface area contributed by atoms with Crippen molar-refractivity contribution in [1.29, 1.82) is 0 Å². The Morgan fingerprint density at radius 2 is 1.66 bits per heavy atom. The number of thioether (sulfide) groups is 1. The molecule has 1 atom stereocenters. The molecule has 2 fully saturated rings. The van der Waals surface area contributed by atoms with Crippen molar-refractivity contribution in [3.8, 4) is 0 Å². The first kappa shape index (κ1) is 22.4. The highest BCUT2D eigenvalue weighted by molar-refractivity contribution is 8.01. The molecule has 2 aromatic carbocycles. The number of carbonyl (C=O) groups is 3. The van der Waals surface area contributed by atoms with E-state index in [1.807, 2.05) is 24.3 Å². The fraction of sp³-hybridized carbons (Fsp3) is 0.400. The van der Waals surface area contributed by atoms with Crippen molar-refractivity contribution >= 4 is 29.5 Å². The standard InChI is InChI=1S/C25H28N2O4S/c1-31-22(28)16-26-23(29)21-17-32-25(27(21)24(30)20-10-6-3-7-11-20)14-12-19(13-15-25)18-8-4-2-5-9-18/h2-11,19,21H,12-17H2,1H3,(H,26,29). The molecule has 1 heterocycles. The Bertz CT molecular complexity index is 958. The lowest BCUT2D eigenvalue weighted by Crippen LogP contribution is -2.56. The molecule has 32 heavy (non-hydrogen) atoms. The van der Waals surface area contributed by atoms with Crippen LogP contribution in [-0.2, 0) is 14.3 Å². The topological polar surface area (TPSA) is 75.7 Å². The molecular weight excluding hydrogens is 424 g/mol. The number of nitrogens with one attached hydrogen (secondary N) is 1. The van der Waals surface area contributed by atoms with Crippen LogP contribution in [0.1, 0.15) is 47.5 Å². The van der Waals surface area contributed by atoms with Crippen molar-refractivity contribution in [1.82, 2.24) is 10.2 Å². The van der Waals surface area contributed by atoms with E-state index in [4.69, 9.17) is 0 Å². The molecule has 0 radical (unpaired) electrons. The number of ether oxygens (including phenoxy) is 1. The minimum atomic E-state index is -0.620. The van der Waals surface area contributed by atoms with E-state index in [2.05, 4.69) is 34.3 Å². The van der Waals surface area contributed by atoms with Gasteiger partial charge in [-0.1, -0.05) is 48.5 Å². The fourth-order valence-corrected chi connectivity index (χ4v) is 6.41. The van der Waals surface area contributed by atoms with Crippen LogP contribution in [0.25, 0.3) is 0 Å². The van der Waals surface area contributed by atoms with Gasteiger partial charge in [0, 0.05) is 11.3 Å². The van der Waals surface area contributed by atoms with E-state index in [-0.39, 0.29) is 18.4 Å². The molecule has 6 nitrogen and oxygen atoms in total. The Hall–Kier alpha value is -2.80. The van der Waals surface area contributed by atoms with Crippen molar-refractivity contribution in [2.75, 3.05) is 19.4 Å². The Labute approximate surface area is 192 Å². The number of methoxy groups -OCH3 is 1. The first-order chi connectivity index (χ1) is 15.5. The smallest absolute Gasteiger partial charge is 0.325 e. The molecule has 1 unspecified atom stereocenters. The third-order valence-electron chi connectivity index (χ3n) is 6.48. The number of rotatable bonds is 5. The minimum absolute atomic E-state index is 0.132. The molecule has 1 spiro atoms. The molecule has 1 saturated carbocycles. The lowest BCUT2D eigenvalue weighted by molar-refractivity contribution is -0.141. The highest BCUT2D eigenvalue weighted by atomic mass is 32.2. The van der Waals surface area contributed by atoms with Crippen LogP contribution in [0.2, 0.25) is 0 Å². The normalized spacial score (nSPS) is 24.8. The van der Waals surface area contributed by atoms with E-state index in [9.17, 15) is 14.4 Å². The molecule has 168 valence electrons. The first-order valence-corrected chi connectivity index (χ1v) is 11.9. The van der Waals surface area contributed by atoms with E-state index in [0.717, 1.165) is 25.7 Å². The van der Waals surface area contributed by atoms with Gasteiger partial charge in [-0.15, -0.1) is 11.8 Å². The van der Waals surface area contributed by atoms with Crippen molar-refractivity contribution in [3.05, 3.63) is 71.8 Å². The van der Waals surface area contributed by atoms with Crippen LogP contribution >= 0.6 is 11.8 Å². The molecule has 2 aliphatic rings. The van der Waals surface area contributed by atoms with Crippen LogP contribution in [-0.4, -0.2) is 53.0 Å². The number of nitrogens with zero attached hydrogens (tertiary/aromatic N) is 1. The number of carbonyl (C=O) groups excluding carboxylic acids is 3. The molecule has 1 N–H and O–H groups in total. The third kappa shape index (κ3) is 4.53. The van der Waals surface area contributed by atoms with E-state index in [1.165, 1.54) is 12.7 Å². The first-order valence-electron chi connectivity index (χ1n) is 11.0. The second kappa shape index (κ2) is 9.77. The van der Waals surface area contributed by atoms with Crippen LogP contribution in [0, 0.1) is 0 Å². The SMILES string of the molecule is COC(=O)CNC(=O)C1CSC2(CCC(c3ccccc3)CC2)N1C(=O)c1ccccc1. The van der Waals surface area contributed by atoms with E-state index < -0.39 is 16.9 Å². The molecule has 7 heteroatoms. The van der Waals surface area contributed by atoms with Crippen molar-refractivity contribution in [3.63, 3.8) is 0 Å². The van der Waals surface area contributed by atoms with Gasteiger partial charge < -0.3 is 15.0 Å². The summed E-state index contributed by atoms with van der Waals surface area (Å²) in [4.78, 5) is 39.5. The monoisotopic (exact) mass is 452 g/mol. The van der Waals surface area contributed by atoms with Crippen molar-refractivity contribution in [2.45, 2.75) is 42.5 Å². The molecule has 0 bridgehead atoms. The zero-order valence-corrected chi connectivity index (χ0v) is 19.0. The average Bonchev–Trinajstić information content (AvgIpc) is 3.21. The van der Waals surface area contributed by atoms with E-state index in [1.54, 1.807) is 28.8 Å². The highest BCUT2D eigenvalue weighted by Gasteiger charge is 2.53. The Balaban J connectivity index is 1.56. The summed E-state index contributed by atoms with van der Waals surface area (Å²) >= 11 is 1.70. The maximum Gasteiger partial charge on any atom is 0.325 e. The summed E-state index contributed by atoms with van der Waals surface area (Å²) in [5.74, 6) is 0.0224.